The van der Waals surface area contributed by atoms with Gasteiger partial charge in [0.1, 0.15) is 22.5 Å². The lowest BCUT2D eigenvalue weighted by Gasteiger charge is -2.20. The summed E-state index contributed by atoms with van der Waals surface area (Å²) in [5, 5.41) is 8.89. The largest absolute Gasteiger partial charge is 0.478 e. The zero-order chi connectivity index (χ0) is 15.3. The molecule has 1 saturated carbocycles. The number of rotatable bonds is 4. The van der Waals surface area contributed by atoms with E-state index in [0.29, 0.717) is 0 Å². The van der Waals surface area contributed by atoms with Crippen molar-refractivity contribution in [3.05, 3.63) is 23.2 Å². The molecule has 1 unspecified atom stereocenters. The van der Waals surface area contributed by atoms with E-state index in [0.717, 1.165) is 4.90 Å². The highest BCUT2D eigenvalue weighted by atomic mass is 19.3. The number of furan rings is 1. The summed E-state index contributed by atoms with van der Waals surface area (Å²) in [7, 11) is 1.39. The molecule has 1 atom stereocenters. The number of hydrogen-bond donors (Lipinski definition) is 1. The Morgan fingerprint density at radius 3 is 2.45 bits per heavy atom. The zero-order valence-corrected chi connectivity index (χ0v) is 11.4. The first kappa shape index (κ1) is 14.5. The summed E-state index contributed by atoms with van der Waals surface area (Å²) < 4.78 is 31.5. The second-order valence-corrected chi connectivity index (χ2v) is 5.36. The van der Waals surface area contributed by atoms with E-state index in [1.54, 1.807) is 0 Å². The molecule has 1 aromatic rings. The molecule has 110 valence electrons. The molecule has 1 aromatic heterocycles. The molecule has 0 radical (unpaired) electrons. The van der Waals surface area contributed by atoms with Gasteiger partial charge in [-0.1, -0.05) is 0 Å². The molecule has 20 heavy (non-hydrogen) atoms. The topological polar surface area (TPSA) is 70.8 Å². The SMILES string of the molecule is Cc1oc(CN(C)C(=O)C2(C)CC2(F)F)cc1C(=O)O. The fourth-order valence-corrected chi connectivity index (χ4v) is 2.19. The summed E-state index contributed by atoms with van der Waals surface area (Å²) in [6.45, 7) is 2.67. The third kappa shape index (κ3) is 2.17. The van der Waals surface area contributed by atoms with Gasteiger partial charge >= 0.3 is 5.97 Å². The van der Waals surface area contributed by atoms with Crippen molar-refractivity contribution < 1.29 is 27.9 Å². The molecule has 0 spiro atoms. The van der Waals surface area contributed by atoms with Gasteiger partial charge in [-0.2, -0.15) is 0 Å². The minimum absolute atomic E-state index is 0.00353. The van der Waals surface area contributed by atoms with Gasteiger partial charge in [0.05, 0.1) is 6.54 Å². The molecule has 1 heterocycles. The highest BCUT2D eigenvalue weighted by Gasteiger charge is 2.73. The molecule has 5 nitrogen and oxygen atoms in total. The third-order valence-corrected chi connectivity index (χ3v) is 3.67. The van der Waals surface area contributed by atoms with Gasteiger partial charge in [-0.3, -0.25) is 4.79 Å². The number of halogens is 2. The predicted octanol–water partition coefficient (Wildman–Crippen LogP) is 2.29. The van der Waals surface area contributed by atoms with Crippen LogP contribution < -0.4 is 0 Å². The molecule has 1 aliphatic rings. The number of carbonyl (C=O) groups excluding carboxylic acids is 1. The number of aromatic carboxylic acids is 1. The third-order valence-electron chi connectivity index (χ3n) is 3.67. The van der Waals surface area contributed by atoms with Gasteiger partial charge in [0, 0.05) is 13.5 Å². The van der Waals surface area contributed by atoms with Gasteiger partial charge in [0.2, 0.25) is 5.91 Å². The van der Waals surface area contributed by atoms with Crippen molar-refractivity contribution in [2.24, 2.45) is 5.41 Å². The predicted molar refractivity (Wildman–Crippen MR) is 64.5 cm³/mol. The number of amides is 1. The first-order chi connectivity index (χ1) is 9.08. The van der Waals surface area contributed by atoms with E-state index in [-0.39, 0.29) is 23.6 Å². The van der Waals surface area contributed by atoms with Crippen molar-refractivity contribution in [3.8, 4) is 0 Å². The molecule has 0 aliphatic heterocycles. The van der Waals surface area contributed by atoms with Crippen molar-refractivity contribution >= 4 is 11.9 Å². The van der Waals surface area contributed by atoms with Crippen LogP contribution in [0.25, 0.3) is 0 Å². The molecule has 7 heteroatoms. The normalized spacial score (nSPS) is 23.4. The van der Waals surface area contributed by atoms with E-state index in [9.17, 15) is 18.4 Å². The lowest BCUT2D eigenvalue weighted by atomic mass is 10.1. The number of aryl methyl sites for hydroxylation is 1. The van der Waals surface area contributed by atoms with Gasteiger partial charge in [-0.05, 0) is 19.9 Å². The Morgan fingerprint density at radius 1 is 1.50 bits per heavy atom. The van der Waals surface area contributed by atoms with Crippen molar-refractivity contribution in [1.82, 2.24) is 4.90 Å². The van der Waals surface area contributed by atoms with Crippen molar-refractivity contribution in [2.75, 3.05) is 7.05 Å². The van der Waals surface area contributed by atoms with Gasteiger partial charge < -0.3 is 14.4 Å². The average Bonchev–Trinajstić information content (AvgIpc) is 2.67. The summed E-state index contributed by atoms with van der Waals surface area (Å²) >= 11 is 0. The van der Waals surface area contributed by atoms with Crippen LogP contribution in [0.1, 0.15) is 35.2 Å². The molecule has 1 aliphatic carbocycles. The maximum absolute atomic E-state index is 13.2. The molecule has 0 aromatic carbocycles. The minimum atomic E-state index is -2.97. The Balaban J connectivity index is 2.09. The first-order valence-corrected chi connectivity index (χ1v) is 6.04. The number of nitrogens with zero attached hydrogens (tertiary/aromatic N) is 1. The van der Waals surface area contributed by atoms with Crippen molar-refractivity contribution in [1.29, 1.82) is 0 Å². The van der Waals surface area contributed by atoms with E-state index in [1.807, 2.05) is 0 Å². The van der Waals surface area contributed by atoms with E-state index < -0.39 is 29.6 Å². The summed E-state index contributed by atoms with van der Waals surface area (Å²) in [5.41, 5.74) is -1.65. The van der Waals surface area contributed by atoms with Gasteiger partial charge in [-0.25, -0.2) is 13.6 Å². The summed E-state index contributed by atoms with van der Waals surface area (Å²) in [5.74, 6) is -4.30. The number of carboxylic acids is 1. The van der Waals surface area contributed by atoms with Crippen LogP contribution in [0.3, 0.4) is 0 Å². The Bertz CT molecular complexity index is 581. The number of hydrogen-bond acceptors (Lipinski definition) is 3. The van der Waals surface area contributed by atoms with Crippen LogP contribution in [0.2, 0.25) is 0 Å². The molecular weight excluding hydrogens is 272 g/mol. The van der Waals surface area contributed by atoms with Gasteiger partial charge in [0.25, 0.3) is 5.92 Å². The lowest BCUT2D eigenvalue weighted by molar-refractivity contribution is -0.139. The summed E-state index contributed by atoms with van der Waals surface area (Å²) in [4.78, 5) is 24.0. The second-order valence-electron chi connectivity index (χ2n) is 5.36. The van der Waals surface area contributed by atoms with Crippen LogP contribution in [0, 0.1) is 12.3 Å². The van der Waals surface area contributed by atoms with Crippen LogP contribution in [0.4, 0.5) is 8.78 Å². The smallest absolute Gasteiger partial charge is 0.339 e. The molecule has 0 bridgehead atoms. The molecule has 1 N–H and O–H groups in total. The van der Waals surface area contributed by atoms with Crippen LogP contribution in [0.15, 0.2) is 10.5 Å². The Kier molecular flexibility index (Phi) is 3.11. The van der Waals surface area contributed by atoms with E-state index in [4.69, 9.17) is 9.52 Å². The number of alkyl halides is 2. The highest BCUT2D eigenvalue weighted by Crippen LogP contribution is 2.61. The first-order valence-electron chi connectivity index (χ1n) is 6.04. The van der Waals surface area contributed by atoms with E-state index >= 15 is 0 Å². The van der Waals surface area contributed by atoms with Crippen LogP contribution in [-0.2, 0) is 11.3 Å². The van der Waals surface area contributed by atoms with Gasteiger partial charge in [-0.15, -0.1) is 0 Å². The van der Waals surface area contributed by atoms with Crippen molar-refractivity contribution in [2.45, 2.75) is 32.7 Å². The standard InChI is InChI=1S/C13H15F2NO4/c1-7-9(10(17)18)4-8(20-7)5-16(3)11(19)12(2)6-13(12,14)15/h4H,5-6H2,1-3H3,(H,17,18). The number of carboxylic acid groups (broad SMARTS) is 1. The Morgan fingerprint density at radius 2 is 2.05 bits per heavy atom. The lowest BCUT2D eigenvalue weighted by Crippen LogP contribution is -2.35. The number of carbonyl (C=O) groups is 2. The quantitative estimate of drug-likeness (QED) is 0.922. The molecule has 1 amide bonds. The second kappa shape index (κ2) is 4.29. The van der Waals surface area contributed by atoms with E-state index in [1.165, 1.54) is 27.0 Å². The van der Waals surface area contributed by atoms with E-state index in [2.05, 4.69) is 0 Å². The van der Waals surface area contributed by atoms with Crippen LogP contribution in [0.5, 0.6) is 0 Å². The Labute approximate surface area is 114 Å². The summed E-state index contributed by atoms with van der Waals surface area (Å²) in [6, 6.07) is 1.30. The minimum Gasteiger partial charge on any atom is -0.478 e. The highest BCUT2D eigenvalue weighted by molar-refractivity contribution is 5.89. The molecule has 0 saturated heterocycles. The summed E-state index contributed by atoms with van der Waals surface area (Å²) in [6.07, 6.45) is -0.458. The maximum atomic E-state index is 13.2. The zero-order valence-electron chi connectivity index (χ0n) is 11.4. The van der Waals surface area contributed by atoms with Gasteiger partial charge in [0.15, 0.2) is 0 Å². The fraction of sp³-hybridized carbons (Fsp3) is 0.538. The van der Waals surface area contributed by atoms with Crippen LogP contribution in [-0.4, -0.2) is 34.9 Å². The maximum Gasteiger partial charge on any atom is 0.339 e. The van der Waals surface area contributed by atoms with Crippen LogP contribution >= 0.6 is 0 Å². The Hall–Kier alpha value is -1.92. The van der Waals surface area contributed by atoms with Crippen molar-refractivity contribution in [3.63, 3.8) is 0 Å². The average molecular weight is 287 g/mol. The molecule has 1 fully saturated rings. The monoisotopic (exact) mass is 287 g/mol. The molecule has 2 rings (SSSR count). The fourth-order valence-electron chi connectivity index (χ4n) is 2.19. The molecular formula is C13H15F2NO4.